The molecule has 38 heavy (non-hydrogen) atoms. The lowest BCUT2D eigenvalue weighted by atomic mass is 10.1. The van der Waals surface area contributed by atoms with Gasteiger partial charge in [-0.3, -0.25) is 30.2 Å². The third-order valence-electron chi connectivity index (χ3n) is 4.97. The second-order valence-electron chi connectivity index (χ2n) is 7.65. The number of hydrogen-bond acceptors (Lipinski definition) is 7. The smallest absolute Gasteiger partial charge is 0.416 e. The summed E-state index contributed by atoms with van der Waals surface area (Å²) in [6.45, 7) is 0.493. The molecule has 10 nitrogen and oxygen atoms in total. The second-order valence-corrected chi connectivity index (χ2v) is 7.65. The molecule has 0 fully saturated rings. The first-order valence-corrected chi connectivity index (χ1v) is 11.2. The highest BCUT2D eigenvalue weighted by atomic mass is 19.4. The number of pyridine rings is 1. The third kappa shape index (κ3) is 7.43. The molecule has 3 aromatic rings. The van der Waals surface area contributed by atoms with Crippen LogP contribution in [0.3, 0.4) is 0 Å². The van der Waals surface area contributed by atoms with Crippen molar-refractivity contribution in [3.05, 3.63) is 83.2 Å². The van der Waals surface area contributed by atoms with E-state index in [2.05, 4.69) is 26.5 Å². The second kappa shape index (κ2) is 12.5. The Labute approximate surface area is 215 Å². The van der Waals surface area contributed by atoms with Gasteiger partial charge in [-0.2, -0.15) is 13.2 Å². The molecule has 0 aliphatic heterocycles. The van der Waals surface area contributed by atoms with Gasteiger partial charge in [0.2, 0.25) is 0 Å². The number of aromatic nitrogens is 1. The molecule has 0 spiro atoms. The molecule has 200 valence electrons. The molecule has 0 unspecified atom stereocenters. The Bertz CT molecular complexity index is 1320. The van der Waals surface area contributed by atoms with Gasteiger partial charge in [-0.15, -0.1) is 0 Å². The van der Waals surface area contributed by atoms with Crippen LogP contribution in [0.5, 0.6) is 17.2 Å². The minimum Gasteiger partial charge on any atom is -0.491 e. The van der Waals surface area contributed by atoms with Gasteiger partial charge in [0.25, 0.3) is 17.7 Å². The number of halogens is 3. The Balaban J connectivity index is 1.71. The number of alkyl halides is 3. The van der Waals surface area contributed by atoms with E-state index in [-0.39, 0.29) is 29.4 Å². The van der Waals surface area contributed by atoms with E-state index in [1.807, 2.05) is 0 Å². The highest BCUT2D eigenvalue weighted by molar-refractivity contribution is 6.00. The number of hydrazine groups is 1. The molecule has 2 aromatic carbocycles. The molecule has 1 aromatic heterocycles. The van der Waals surface area contributed by atoms with Crippen LogP contribution >= 0.6 is 0 Å². The van der Waals surface area contributed by atoms with Crippen molar-refractivity contribution in [2.45, 2.75) is 6.18 Å². The third-order valence-corrected chi connectivity index (χ3v) is 4.97. The lowest BCUT2D eigenvalue weighted by molar-refractivity contribution is -0.137. The standard InChI is InChI=1S/C25H24F3N5O5/c1-29-10-11-37-21-7-6-16(25(26,27)28)13-19(21)23(35)33-32-22(34)15-4-3-5-17(12-15)38-18-8-9-31-20(14-18)24(36)30-2/h3-9,12-14,29H,10-11H2,1-2H3,(H,30,36)(H,32,34)(H,33,35). The highest BCUT2D eigenvalue weighted by Gasteiger charge is 2.32. The molecule has 0 aliphatic carbocycles. The summed E-state index contributed by atoms with van der Waals surface area (Å²) in [5, 5.41) is 5.26. The SMILES string of the molecule is CNCCOc1ccc(C(F)(F)F)cc1C(=O)NNC(=O)c1cccc(Oc2ccnc(C(=O)NC)c2)c1. The summed E-state index contributed by atoms with van der Waals surface area (Å²) < 4.78 is 50.7. The zero-order valence-corrected chi connectivity index (χ0v) is 20.3. The van der Waals surface area contributed by atoms with Crippen LogP contribution in [-0.2, 0) is 6.18 Å². The van der Waals surface area contributed by atoms with Gasteiger partial charge in [-0.1, -0.05) is 6.07 Å². The molecule has 0 atom stereocenters. The minimum atomic E-state index is -4.68. The van der Waals surface area contributed by atoms with E-state index < -0.39 is 35.0 Å². The topological polar surface area (TPSA) is 131 Å². The molecule has 3 amide bonds. The maximum Gasteiger partial charge on any atom is 0.416 e. The van der Waals surface area contributed by atoms with Crippen LogP contribution < -0.4 is 31.0 Å². The molecule has 0 aliphatic rings. The first-order valence-electron chi connectivity index (χ1n) is 11.2. The minimum absolute atomic E-state index is 0.0797. The van der Waals surface area contributed by atoms with E-state index >= 15 is 0 Å². The lowest BCUT2D eigenvalue weighted by Crippen LogP contribution is -2.41. The number of nitrogens with zero attached hydrogens (tertiary/aromatic N) is 1. The van der Waals surface area contributed by atoms with Gasteiger partial charge in [0.05, 0.1) is 11.1 Å². The van der Waals surface area contributed by atoms with Crippen molar-refractivity contribution >= 4 is 17.7 Å². The lowest BCUT2D eigenvalue weighted by Gasteiger charge is -2.15. The zero-order chi connectivity index (χ0) is 27.7. The molecular formula is C25H24F3N5O5. The van der Waals surface area contributed by atoms with Crippen LogP contribution in [0.15, 0.2) is 60.8 Å². The number of ether oxygens (including phenoxy) is 2. The van der Waals surface area contributed by atoms with E-state index in [1.54, 1.807) is 13.1 Å². The number of carbonyl (C=O) groups is 3. The summed E-state index contributed by atoms with van der Waals surface area (Å²) in [7, 11) is 3.13. The van der Waals surface area contributed by atoms with E-state index in [4.69, 9.17) is 9.47 Å². The Morgan fingerprint density at radius 3 is 2.34 bits per heavy atom. The normalized spacial score (nSPS) is 10.9. The van der Waals surface area contributed by atoms with E-state index in [9.17, 15) is 27.6 Å². The fraction of sp³-hybridized carbons (Fsp3) is 0.200. The van der Waals surface area contributed by atoms with Crippen molar-refractivity contribution in [2.24, 2.45) is 0 Å². The van der Waals surface area contributed by atoms with Crippen LogP contribution in [-0.4, -0.2) is 50.0 Å². The van der Waals surface area contributed by atoms with Gasteiger partial charge in [-0.25, -0.2) is 0 Å². The Morgan fingerprint density at radius 1 is 0.895 bits per heavy atom. The number of benzene rings is 2. The number of nitrogens with one attached hydrogen (secondary N) is 4. The molecular weight excluding hydrogens is 507 g/mol. The van der Waals surface area contributed by atoms with Crippen LogP contribution in [0.1, 0.15) is 36.8 Å². The van der Waals surface area contributed by atoms with Crippen molar-refractivity contribution in [2.75, 3.05) is 27.2 Å². The number of likely N-dealkylation sites (N-methyl/N-ethyl adjacent to an activating group) is 1. The fourth-order valence-corrected chi connectivity index (χ4v) is 3.09. The predicted octanol–water partition coefficient (Wildman–Crippen LogP) is 2.93. The first-order chi connectivity index (χ1) is 18.1. The van der Waals surface area contributed by atoms with Gasteiger partial charge < -0.3 is 20.1 Å². The highest BCUT2D eigenvalue weighted by Crippen LogP contribution is 2.32. The van der Waals surface area contributed by atoms with E-state index in [0.717, 1.165) is 12.1 Å². The zero-order valence-electron chi connectivity index (χ0n) is 20.3. The Morgan fingerprint density at radius 2 is 1.63 bits per heavy atom. The van der Waals surface area contributed by atoms with E-state index in [0.29, 0.717) is 18.4 Å². The summed E-state index contributed by atoms with van der Waals surface area (Å²) in [6.07, 6.45) is -3.30. The summed E-state index contributed by atoms with van der Waals surface area (Å²) in [4.78, 5) is 41.0. The van der Waals surface area contributed by atoms with Gasteiger partial charge in [0, 0.05) is 31.4 Å². The van der Waals surface area contributed by atoms with Crippen molar-refractivity contribution < 1.29 is 37.0 Å². The van der Waals surface area contributed by atoms with Gasteiger partial charge in [-0.05, 0) is 49.5 Å². The summed E-state index contributed by atoms with van der Waals surface area (Å²) in [5.41, 5.74) is 3.03. The molecule has 0 bridgehead atoms. The van der Waals surface area contributed by atoms with E-state index in [1.165, 1.54) is 43.6 Å². The van der Waals surface area contributed by atoms with Gasteiger partial charge in [0.15, 0.2) is 0 Å². The average Bonchev–Trinajstić information content (AvgIpc) is 2.91. The van der Waals surface area contributed by atoms with Gasteiger partial charge >= 0.3 is 6.18 Å². The molecule has 13 heteroatoms. The summed E-state index contributed by atoms with van der Waals surface area (Å²) >= 11 is 0. The molecule has 0 saturated heterocycles. The molecule has 0 radical (unpaired) electrons. The summed E-state index contributed by atoms with van der Waals surface area (Å²) in [6, 6.07) is 11.3. The maximum atomic E-state index is 13.2. The number of rotatable bonds is 9. The maximum absolute atomic E-state index is 13.2. The molecule has 4 N–H and O–H groups in total. The fourth-order valence-electron chi connectivity index (χ4n) is 3.09. The predicted molar refractivity (Wildman–Crippen MR) is 130 cm³/mol. The van der Waals surface area contributed by atoms with Crippen LogP contribution in [0.4, 0.5) is 13.2 Å². The quantitative estimate of drug-likeness (QED) is 0.247. The summed E-state index contributed by atoms with van der Waals surface area (Å²) in [5.74, 6) is -1.71. The van der Waals surface area contributed by atoms with Crippen molar-refractivity contribution in [3.63, 3.8) is 0 Å². The molecule has 1 heterocycles. The number of carbonyl (C=O) groups excluding carboxylic acids is 3. The van der Waals surface area contributed by atoms with Crippen LogP contribution in [0.2, 0.25) is 0 Å². The largest absolute Gasteiger partial charge is 0.491 e. The molecule has 3 rings (SSSR count). The number of amides is 3. The first kappa shape index (κ1) is 27.9. The van der Waals surface area contributed by atoms with Crippen LogP contribution in [0.25, 0.3) is 0 Å². The monoisotopic (exact) mass is 531 g/mol. The molecule has 0 saturated carbocycles. The van der Waals surface area contributed by atoms with Crippen molar-refractivity contribution in [1.82, 2.24) is 26.5 Å². The Kier molecular flexibility index (Phi) is 9.22. The van der Waals surface area contributed by atoms with Crippen LogP contribution in [0, 0.1) is 0 Å². The van der Waals surface area contributed by atoms with Gasteiger partial charge in [0.1, 0.15) is 29.5 Å². The van der Waals surface area contributed by atoms with Crippen molar-refractivity contribution in [3.8, 4) is 17.2 Å². The average molecular weight is 531 g/mol. The van der Waals surface area contributed by atoms with Crippen molar-refractivity contribution in [1.29, 1.82) is 0 Å². The number of hydrogen-bond donors (Lipinski definition) is 4. The Hall–Kier alpha value is -4.65.